The lowest BCUT2D eigenvalue weighted by Crippen LogP contribution is -2.55. The molecule has 1 aliphatic rings. The maximum absolute atomic E-state index is 5.88. The van der Waals surface area contributed by atoms with Gasteiger partial charge in [-0.3, -0.25) is 4.90 Å². The van der Waals surface area contributed by atoms with Gasteiger partial charge in [-0.1, -0.05) is 0 Å². The lowest BCUT2D eigenvalue weighted by molar-refractivity contribution is 0.170. The van der Waals surface area contributed by atoms with Crippen LogP contribution >= 0.6 is 15.9 Å². The first-order chi connectivity index (χ1) is 8.40. The zero-order chi connectivity index (χ0) is 13.4. The van der Waals surface area contributed by atoms with Crippen molar-refractivity contribution in [2.45, 2.75) is 32.9 Å². The highest BCUT2D eigenvalue weighted by Gasteiger charge is 2.28. The van der Waals surface area contributed by atoms with Crippen LogP contribution in [-0.2, 0) is 0 Å². The summed E-state index contributed by atoms with van der Waals surface area (Å²) in [5.41, 5.74) is 9.23. The second-order valence-electron chi connectivity index (χ2n) is 5.44. The molecule has 0 amide bonds. The quantitative estimate of drug-likeness (QED) is 0.809. The second-order valence-corrected chi connectivity index (χ2v) is 6.29. The van der Waals surface area contributed by atoms with Gasteiger partial charge in [0.05, 0.1) is 5.69 Å². The van der Waals surface area contributed by atoms with Crippen molar-refractivity contribution < 1.29 is 0 Å². The molecule has 1 aliphatic heterocycles. The van der Waals surface area contributed by atoms with Crippen LogP contribution in [0.15, 0.2) is 16.6 Å². The minimum atomic E-state index is 0.567. The predicted molar refractivity (Wildman–Crippen MR) is 82.2 cm³/mol. The smallest absolute Gasteiger partial charge is 0.0542 e. The Bertz CT molecular complexity index is 412. The van der Waals surface area contributed by atoms with Crippen molar-refractivity contribution in [2.24, 2.45) is 0 Å². The molecule has 1 fully saturated rings. The van der Waals surface area contributed by atoms with Gasteiger partial charge in [0.1, 0.15) is 0 Å². The predicted octanol–water partition coefficient (Wildman–Crippen LogP) is 2.87. The molecule has 4 heteroatoms. The van der Waals surface area contributed by atoms with E-state index in [0.717, 1.165) is 23.2 Å². The van der Waals surface area contributed by atoms with E-state index in [1.165, 1.54) is 11.3 Å². The number of rotatable bonds is 1. The van der Waals surface area contributed by atoms with Crippen LogP contribution in [0.2, 0.25) is 0 Å². The zero-order valence-corrected chi connectivity index (χ0v) is 13.2. The van der Waals surface area contributed by atoms with Gasteiger partial charge in [-0.25, -0.2) is 0 Å². The third kappa shape index (κ3) is 2.50. The van der Waals surface area contributed by atoms with Crippen LogP contribution in [0.1, 0.15) is 19.4 Å². The summed E-state index contributed by atoms with van der Waals surface area (Å²) in [6, 6.07) is 5.18. The molecule has 1 aromatic carbocycles. The summed E-state index contributed by atoms with van der Waals surface area (Å²) >= 11 is 3.65. The number of hydrogen-bond donors (Lipinski definition) is 1. The van der Waals surface area contributed by atoms with Gasteiger partial charge in [0.15, 0.2) is 0 Å². The van der Waals surface area contributed by atoms with Crippen molar-refractivity contribution in [3.8, 4) is 0 Å². The Morgan fingerprint density at radius 3 is 2.28 bits per heavy atom. The van der Waals surface area contributed by atoms with Crippen molar-refractivity contribution in [1.29, 1.82) is 0 Å². The van der Waals surface area contributed by atoms with E-state index in [2.05, 4.69) is 53.5 Å². The van der Waals surface area contributed by atoms with E-state index in [-0.39, 0.29) is 0 Å². The summed E-state index contributed by atoms with van der Waals surface area (Å²) in [7, 11) is 2.21. The van der Waals surface area contributed by atoms with Gasteiger partial charge in [0.2, 0.25) is 0 Å². The van der Waals surface area contributed by atoms with Crippen LogP contribution in [0.25, 0.3) is 0 Å². The Morgan fingerprint density at radius 1 is 1.22 bits per heavy atom. The largest absolute Gasteiger partial charge is 0.399 e. The molecule has 1 heterocycles. The number of likely N-dealkylation sites (N-methyl/N-ethyl adjacent to an activating group) is 1. The van der Waals surface area contributed by atoms with Gasteiger partial charge in [0.25, 0.3) is 0 Å². The SMILES string of the molecule is Cc1cc(N)cc(Br)c1N1C[C@@H](C)N(C)[C@@H](C)C1. The molecule has 100 valence electrons. The normalized spacial score (nSPS) is 25.5. The molecular weight excluding hydrogens is 290 g/mol. The van der Waals surface area contributed by atoms with Crippen LogP contribution < -0.4 is 10.6 Å². The van der Waals surface area contributed by atoms with Crippen molar-refractivity contribution in [3.63, 3.8) is 0 Å². The number of nitrogens with two attached hydrogens (primary N) is 1. The van der Waals surface area contributed by atoms with E-state index in [0.29, 0.717) is 12.1 Å². The fourth-order valence-corrected chi connectivity index (χ4v) is 3.58. The van der Waals surface area contributed by atoms with Crippen molar-refractivity contribution in [1.82, 2.24) is 4.90 Å². The molecule has 1 aromatic rings. The molecule has 1 saturated heterocycles. The van der Waals surface area contributed by atoms with Gasteiger partial charge in [-0.15, -0.1) is 0 Å². The fourth-order valence-electron chi connectivity index (χ4n) is 2.75. The Labute approximate surface area is 118 Å². The lowest BCUT2D eigenvalue weighted by Gasteiger charge is -2.44. The molecule has 2 atom stereocenters. The van der Waals surface area contributed by atoms with Crippen LogP contribution in [-0.4, -0.2) is 37.1 Å². The zero-order valence-electron chi connectivity index (χ0n) is 11.6. The average molecular weight is 312 g/mol. The highest BCUT2D eigenvalue weighted by Crippen LogP contribution is 2.34. The van der Waals surface area contributed by atoms with E-state index in [1.54, 1.807) is 0 Å². The van der Waals surface area contributed by atoms with Gasteiger partial charge >= 0.3 is 0 Å². The van der Waals surface area contributed by atoms with Gasteiger partial charge in [0, 0.05) is 35.3 Å². The number of nitrogen functional groups attached to an aromatic ring is 1. The van der Waals surface area contributed by atoms with Gasteiger partial charge < -0.3 is 10.6 Å². The molecule has 2 rings (SSSR count). The summed E-state index contributed by atoms with van der Waals surface area (Å²) in [5.74, 6) is 0. The summed E-state index contributed by atoms with van der Waals surface area (Å²) in [5, 5.41) is 0. The first kappa shape index (κ1) is 13.7. The van der Waals surface area contributed by atoms with E-state index < -0.39 is 0 Å². The molecular formula is C14H22BrN3. The number of benzene rings is 1. The average Bonchev–Trinajstić information content (AvgIpc) is 2.24. The summed E-state index contributed by atoms with van der Waals surface area (Å²) < 4.78 is 1.10. The van der Waals surface area contributed by atoms with Crippen LogP contribution in [0.3, 0.4) is 0 Å². The fraction of sp³-hybridized carbons (Fsp3) is 0.571. The summed E-state index contributed by atoms with van der Waals surface area (Å²) in [6.45, 7) is 8.81. The van der Waals surface area contributed by atoms with Crippen LogP contribution in [0.5, 0.6) is 0 Å². The molecule has 0 saturated carbocycles. The number of aryl methyl sites for hydroxylation is 1. The first-order valence-corrected chi connectivity index (χ1v) is 7.22. The Kier molecular flexibility index (Phi) is 3.87. The molecule has 0 unspecified atom stereocenters. The minimum Gasteiger partial charge on any atom is -0.399 e. The molecule has 0 spiro atoms. The van der Waals surface area contributed by atoms with E-state index in [9.17, 15) is 0 Å². The topological polar surface area (TPSA) is 32.5 Å². The van der Waals surface area contributed by atoms with Gasteiger partial charge in [-0.05, 0) is 61.4 Å². The summed E-state index contributed by atoms with van der Waals surface area (Å²) in [4.78, 5) is 4.91. The van der Waals surface area contributed by atoms with E-state index >= 15 is 0 Å². The monoisotopic (exact) mass is 311 g/mol. The standard InChI is InChI=1S/C14H22BrN3/c1-9-5-12(16)6-13(15)14(9)18-7-10(2)17(4)11(3)8-18/h5-6,10-11H,7-8,16H2,1-4H3/t10-,11+. The molecule has 0 radical (unpaired) electrons. The van der Waals surface area contributed by atoms with Crippen molar-refractivity contribution in [2.75, 3.05) is 30.8 Å². The third-order valence-electron chi connectivity index (χ3n) is 3.95. The van der Waals surface area contributed by atoms with Crippen LogP contribution in [0, 0.1) is 6.92 Å². The van der Waals surface area contributed by atoms with Gasteiger partial charge in [-0.2, -0.15) is 0 Å². The highest BCUT2D eigenvalue weighted by atomic mass is 79.9. The Balaban J connectivity index is 2.32. The number of hydrogen-bond acceptors (Lipinski definition) is 3. The maximum Gasteiger partial charge on any atom is 0.0542 e. The molecule has 0 bridgehead atoms. The molecule has 18 heavy (non-hydrogen) atoms. The number of piperazine rings is 1. The maximum atomic E-state index is 5.88. The summed E-state index contributed by atoms with van der Waals surface area (Å²) in [6.07, 6.45) is 0. The van der Waals surface area contributed by atoms with E-state index in [4.69, 9.17) is 5.73 Å². The third-order valence-corrected chi connectivity index (χ3v) is 4.56. The first-order valence-electron chi connectivity index (χ1n) is 6.42. The minimum absolute atomic E-state index is 0.567. The number of nitrogens with zero attached hydrogens (tertiary/aromatic N) is 2. The van der Waals surface area contributed by atoms with Crippen LogP contribution in [0.4, 0.5) is 11.4 Å². The second kappa shape index (κ2) is 5.10. The molecule has 3 nitrogen and oxygen atoms in total. The number of halogens is 1. The lowest BCUT2D eigenvalue weighted by atomic mass is 10.1. The number of anilines is 2. The molecule has 0 aliphatic carbocycles. The van der Waals surface area contributed by atoms with Crippen molar-refractivity contribution in [3.05, 3.63) is 22.2 Å². The van der Waals surface area contributed by atoms with E-state index in [1.807, 2.05) is 12.1 Å². The molecule has 0 aromatic heterocycles. The molecule has 2 N–H and O–H groups in total. The highest BCUT2D eigenvalue weighted by molar-refractivity contribution is 9.10. The Morgan fingerprint density at radius 2 is 1.78 bits per heavy atom. The Hall–Kier alpha value is -0.740. The van der Waals surface area contributed by atoms with Crippen molar-refractivity contribution >= 4 is 27.3 Å².